The van der Waals surface area contributed by atoms with Gasteiger partial charge in [-0.2, -0.15) is 4.57 Å². The number of anilines is 1. The van der Waals surface area contributed by atoms with Gasteiger partial charge in [0, 0.05) is 17.4 Å². The number of hydrogen-bond acceptors (Lipinski definition) is 7. The second kappa shape index (κ2) is 10.9. The van der Waals surface area contributed by atoms with Gasteiger partial charge in [0.05, 0.1) is 23.9 Å². The van der Waals surface area contributed by atoms with Gasteiger partial charge in [0.25, 0.3) is 0 Å². The topological polar surface area (TPSA) is 59.7 Å². The molecule has 0 bridgehead atoms. The lowest BCUT2D eigenvalue weighted by Gasteiger charge is -2.19. The highest BCUT2D eigenvalue weighted by atomic mass is 32.2. The van der Waals surface area contributed by atoms with Crippen molar-refractivity contribution in [3.63, 3.8) is 0 Å². The summed E-state index contributed by atoms with van der Waals surface area (Å²) in [5.74, 6) is -0.467. The second-order valence-corrected chi connectivity index (χ2v) is 9.57. The molecule has 0 saturated carbocycles. The fraction of sp³-hybridized carbons (Fsp3) is 0.320. The fourth-order valence-corrected chi connectivity index (χ4v) is 6.11. The van der Waals surface area contributed by atoms with Crippen LogP contribution in [0.5, 0.6) is 0 Å². The summed E-state index contributed by atoms with van der Waals surface area (Å²) < 4.78 is 13.6. The Bertz CT molecular complexity index is 1190. The Morgan fingerprint density at radius 3 is 2.55 bits per heavy atom. The van der Waals surface area contributed by atoms with Gasteiger partial charge in [-0.3, -0.25) is 4.79 Å². The Hall–Kier alpha value is -2.84. The molecule has 2 heterocycles. The molecule has 0 spiro atoms. The molecule has 0 fully saturated rings. The Morgan fingerprint density at radius 2 is 1.73 bits per heavy atom. The van der Waals surface area contributed by atoms with E-state index in [-0.39, 0.29) is 25.0 Å². The van der Waals surface area contributed by atoms with Crippen LogP contribution in [0.4, 0.5) is 5.69 Å². The lowest BCUT2D eigenvalue weighted by atomic mass is 10.2. The molecular formula is C25H27N2O4S2+. The number of thiazole rings is 1. The van der Waals surface area contributed by atoms with Gasteiger partial charge < -0.3 is 14.4 Å². The van der Waals surface area contributed by atoms with Crippen LogP contribution in [0.3, 0.4) is 0 Å². The zero-order valence-corrected chi connectivity index (χ0v) is 20.4. The molecule has 4 rings (SSSR count). The van der Waals surface area contributed by atoms with Crippen LogP contribution in [-0.2, 0) is 32.0 Å². The van der Waals surface area contributed by atoms with Gasteiger partial charge in [-0.1, -0.05) is 53.4 Å². The Kier molecular flexibility index (Phi) is 7.67. The van der Waals surface area contributed by atoms with Crippen LogP contribution in [0, 0.1) is 0 Å². The third-order valence-electron chi connectivity index (χ3n) is 5.18. The molecular weight excluding hydrogens is 456 g/mol. The Balaban J connectivity index is 1.54. The predicted octanol–water partition coefficient (Wildman–Crippen LogP) is 4.70. The number of esters is 2. The van der Waals surface area contributed by atoms with Crippen molar-refractivity contribution in [1.82, 2.24) is 0 Å². The van der Waals surface area contributed by atoms with Crippen LogP contribution in [-0.4, -0.2) is 31.7 Å². The van der Waals surface area contributed by atoms with Gasteiger partial charge in [-0.15, -0.1) is 0 Å². The molecule has 0 unspecified atom stereocenters. The number of nitrogens with zero attached hydrogens (tertiary/aromatic N) is 2. The van der Waals surface area contributed by atoms with E-state index >= 15 is 0 Å². The quantitative estimate of drug-likeness (QED) is 0.325. The van der Waals surface area contributed by atoms with Crippen LogP contribution in [0.2, 0.25) is 0 Å². The van der Waals surface area contributed by atoms with Crippen LogP contribution >= 0.6 is 23.1 Å². The van der Waals surface area contributed by atoms with Crippen molar-refractivity contribution in [3.05, 3.63) is 64.6 Å². The highest BCUT2D eigenvalue weighted by Crippen LogP contribution is 2.45. The van der Waals surface area contributed by atoms with Gasteiger partial charge in [-0.25, -0.2) is 4.79 Å². The summed E-state index contributed by atoms with van der Waals surface area (Å²) in [4.78, 5) is 27.6. The zero-order valence-electron chi connectivity index (χ0n) is 18.8. The van der Waals surface area contributed by atoms with Crippen molar-refractivity contribution in [2.24, 2.45) is 0 Å². The predicted molar refractivity (Wildman–Crippen MR) is 131 cm³/mol. The minimum absolute atomic E-state index is 0.190. The van der Waals surface area contributed by atoms with E-state index in [4.69, 9.17) is 9.47 Å². The maximum absolute atomic E-state index is 12.2. The molecule has 0 atom stereocenters. The number of para-hydroxylation sites is 2. The summed E-state index contributed by atoms with van der Waals surface area (Å²) in [5, 5.41) is 2.15. The van der Waals surface area contributed by atoms with E-state index in [9.17, 15) is 9.59 Å². The second-order valence-electron chi connectivity index (χ2n) is 7.40. The van der Waals surface area contributed by atoms with Crippen LogP contribution in [0.1, 0.15) is 25.3 Å². The minimum atomic E-state index is -0.238. The number of carbonyl (C=O) groups excluding carboxylic acids is 2. The number of thioether (sulfide) groups is 1. The highest BCUT2D eigenvalue weighted by molar-refractivity contribution is 8.03. The lowest BCUT2D eigenvalue weighted by Crippen LogP contribution is -2.41. The SMILES string of the molecule is CCOC(=O)CN1C(=CCCc2sc3ccccc3[n+]2CC(=O)OCC)Sc2ccccc21. The Labute approximate surface area is 201 Å². The van der Waals surface area contributed by atoms with Crippen LogP contribution < -0.4 is 9.47 Å². The van der Waals surface area contributed by atoms with Crippen molar-refractivity contribution in [3.8, 4) is 0 Å². The van der Waals surface area contributed by atoms with Crippen LogP contribution in [0.25, 0.3) is 10.2 Å². The molecule has 0 radical (unpaired) electrons. The molecule has 0 N–H and O–H groups in total. The van der Waals surface area contributed by atoms with E-state index in [1.807, 2.05) is 55.1 Å². The van der Waals surface area contributed by atoms with Crippen molar-refractivity contribution >= 4 is 50.9 Å². The number of allylic oxidation sites excluding steroid dienone is 1. The third-order valence-corrected chi connectivity index (χ3v) is 7.57. The maximum atomic E-state index is 12.2. The number of rotatable bonds is 9. The molecule has 33 heavy (non-hydrogen) atoms. The summed E-state index contributed by atoms with van der Waals surface area (Å²) in [5.41, 5.74) is 2.07. The molecule has 8 heteroatoms. The van der Waals surface area contributed by atoms with Gasteiger partial charge in [0.2, 0.25) is 17.1 Å². The first-order chi connectivity index (χ1) is 16.1. The molecule has 172 valence electrons. The number of benzene rings is 2. The molecule has 0 aliphatic carbocycles. The average molecular weight is 484 g/mol. The molecule has 3 aromatic rings. The summed E-state index contributed by atoms with van der Waals surface area (Å²) in [6.07, 6.45) is 3.74. The number of carbonyl (C=O) groups is 2. The van der Waals surface area contributed by atoms with Crippen molar-refractivity contribution in [2.75, 3.05) is 24.7 Å². The molecule has 0 amide bonds. The molecule has 1 aromatic heterocycles. The smallest absolute Gasteiger partial charge is 0.372 e. The van der Waals surface area contributed by atoms with E-state index in [1.165, 1.54) is 0 Å². The first-order valence-corrected chi connectivity index (χ1v) is 12.7. The normalized spacial score (nSPS) is 14.0. The molecule has 2 aromatic carbocycles. The fourth-order valence-electron chi connectivity index (χ4n) is 3.80. The van der Waals surface area contributed by atoms with Crippen LogP contribution in [0.15, 0.2) is 64.5 Å². The number of ether oxygens (including phenoxy) is 2. The zero-order chi connectivity index (χ0) is 23.2. The number of fused-ring (bicyclic) bond motifs is 2. The highest BCUT2D eigenvalue weighted by Gasteiger charge is 2.27. The third kappa shape index (κ3) is 5.39. The molecule has 1 aliphatic rings. The lowest BCUT2D eigenvalue weighted by molar-refractivity contribution is -0.663. The van der Waals surface area contributed by atoms with Gasteiger partial charge in [-0.05, 0) is 38.5 Å². The van der Waals surface area contributed by atoms with E-state index in [2.05, 4.69) is 22.8 Å². The molecule has 0 saturated heterocycles. The van der Waals surface area contributed by atoms with Crippen molar-refractivity contribution in [2.45, 2.75) is 38.1 Å². The number of aromatic nitrogens is 1. The first-order valence-electron chi connectivity index (χ1n) is 11.1. The summed E-state index contributed by atoms with van der Waals surface area (Å²) in [7, 11) is 0. The summed E-state index contributed by atoms with van der Waals surface area (Å²) in [6, 6.07) is 16.2. The van der Waals surface area contributed by atoms with Crippen molar-refractivity contribution < 1.29 is 23.6 Å². The number of aryl methyl sites for hydroxylation is 1. The standard InChI is InChI=1S/C25H27N2O4S2/c1-3-30-24(28)16-26-18-10-5-7-12-20(18)32-22(26)14-9-15-23-27(17-25(29)31-4-2)19-11-6-8-13-21(19)33-23/h5-8,10-14H,3-4,9,15-17H2,1-2H3/q+1. The summed E-state index contributed by atoms with van der Waals surface area (Å²) in [6.45, 7) is 4.77. The largest absolute Gasteiger partial charge is 0.465 e. The van der Waals surface area contributed by atoms with Gasteiger partial charge >= 0.3 is 11.9 Å². The molecule has 6 nitrogen and oxygen atoms in total. The van der Waals surface area contributed by atoms with Gasteiger partial charge in [0.15, 0.2) is 0 Å². The summed E-state index contributed by atoms with van der Waals surface area (Å²) >= 11 is 3.37. The number of hydrogen-bond donors (Lipinski definition) is 0. The monoisotopic (exact) mass is 483 g/mol. The van der Waals surface area contributed by atoms with Gasteiger partial charge in [0.1, 0.15) is 11.2 Å². The van der Waals surface area contributed by atoms with E-state index < -0.39 is 0 Å². The average Bonchev–Trinajstić information content (AvgIpc) is 3.32. The van der Waals surface area contributed by atoms with E-state index in [1.54, 1.807) is 23.1 Å². The Morgan fingerprint density at radius 1 is 1.00 bits per heavy atom. The van der Waals surface area contributed by atoms with E-state index in [0.717, 1.165) is 43.7 Å². The van der Waals surface area contributed by atoms with Crippen molar-refractivity contribution in [1.29, 1.82) is 0 Å². The molecule has 1 aliphatic heterocycles. The van der Waals surface area contributed by atoms with E-state index in [0.29, 0.717) is 13.2 Å². The first kappa shape index (κ1) is 23.3. The maximum Gasteiger partial charge on any atom is 0.372 e. The minimum Gasteiger partial charge on any atom is -0.465 e.